The number of alkyl halides is 1. The molecule has 3 atom stereocenters. The molecule has 0 aliphatic carbocycles. The Labute approximate surface area is 90.0 Å². The second kappa shape index (κ2) is 4.99. The highest BCUT2D eigenvalue weighted by molar-refractivity contribution is 6.29. The van der Waals surface area contributed by atoms with Crippen molar-refractivity contribution in [2.24, 2.45) is 5.92 Å². The monoisotopic (exact) mass is 219 g/mol. The zero-order valence-electron chi connectivity index (χ0n) is 8.74. The van der Waals surface area contributed by atoms with Gasteiger partial charge < -0.3 is 5.11 Å². The summed E-state index contributed by atoms with van der Waals surface area (Å²) in [6, 6.07) is 0.465. The van der Waals surface area contributed by atoms with Gasteiger partial charge in [-0.2, -0.15) is 0 Å². The van der Waals surface area contributed by atoms with Gasteiger partial charge in [0.2, 0.25) is 0 Å². The van der Waals surface area contributed by atoms with Crippen LogP contribution in [0.4, 0.5) is 0 Å². The number of rotatable bonds is 3. The van der Waals surface area contributed by atoms with Crippen LogP contribution in [0.3, 0.4) is 0 Å². The molecule has 0 aromatic heterocycles. The van der Waals surface area contributed by atoms with Crippen molar-refractivity contribution >= 4 is 17.6 Å². The van der Waals surface area contributed by atoms with E-state index in [-0.39, 0.29) is 0 Å². The minimum Gasteiger partial charge on any atom is -0.480 e. The zero-order chi connectivity index (χ0) is 10.7. The highest BCUT2D eigenvalue weighted by Gasteiger charge is 2.26. The van der Waals surface area contributed by atoms with Crippen molar-refractivity contribution in [3.05, 3.63) is 0 Å². The van der Waals surface area contributed by atoms with Gasteiger partial charge in [0, 0.05) is 19.1 Å². The maximum Gasteiger partial charge on any atom is 0.322 e. The number of nitrogens with zero attached hydrogens (tertiary/aromatic N) is 1. The molecule has 4 heteroatoms. The van der Waals surface area contributed by atoms with Gasteiger partial charge in [-0.3, -0.25) is 9.69 Å². The van der Waals surface area contributed by atoms with Crippen LogP contribution in [0.2, 0.25) is 0 Å². The molecule has 0 radical (unpaired) electrons. The second-order valence-corrected chi connectivity index (χ2v) is 4.82. The first-order valence-electron chi connectivity index (χ1n) is 5.11. The average molecular weight is 220 g/mol. The van der Waals surface area contributed by atoms with Crippen LogP contribution in [-0.2, 0) is 4.79 Å². The minimum absolute atomic E-state index is 0.461. The third-order valence-corrected chi connectivity index (χ3v) is 3.23. The molecule has 1 aliphatic heterocycles. The van der Waals surface area contributed by atoms with Crippen molar-refractivity contribution in [2.45, 2.75) is 38.1 Å². The standard InChI is InChI=1S/C10H18ClNO2/c1-7-3-4-8(2)12(5-7)6-9(11)10(13)14/h7-9H,3-6H2,1-2H3,(H,13,14). The highest BCUT2D eigenvalue weighted by atomic mass is 35.5. The van der Waals surface area contributed by atoms with E-state index in [2.05, 4.69) is 18.7 Å². The predicted octanol–water partition coefficient (Wildman–Crippen LogP) is 1.80. The Morgan fingerprint density at radius 1 is 1.57 bits per heavy atom. The van der Waals surface area contributed by atoms with Crippen molar-refractivity contribution in [1.82, 2.24) is 4.90 Å². The van der Waals surface area contributed by atoms with Crippen LogP contribution in [0.5, 0.6) is 0 Å². The molecule has 82 valence electrons. The first kappa shape index (κ1) is 11.8. The summed E-state index contributed by atoms with van der Waals surface area (Å²) in [6.45, 7) is 5.76. The number of piperidine rings is 1. The molecule has 3 nitrogen and oxygen atoms in total. The van der Waals surface area contributed by atoms with Gasteiger partial charge in [0.1, 0.15) is 5.38 Å². The number of hydrogen-bond acceptors (Lipinski definition) is 2. The number of carboxylic acid groups (broad SMARTS) is 1. The van der Waals surface area contributed by atoms with Crippen LogP contribution >= 0.6 is 11.6 Å². The summed E-state index contributed by atoms with van der Waals surface area (Å²) in [5.74, 6) is -0.263. The molecule has 1 N–H and O–H groups in total. The van der Waals surface area contributed by atoms with E-state index < -0.39 is 11.3 Å². The number of halogens is 1. The molecule has 3 unspecified atom stereocenters. The van der Waals surface area contributed by atoms with Crippen LogP contribution in [-0.4, -0.2) is 40.5 Å². The largest absolute Gasteiger partial charge is 0.480 e. The van der Waals surface area contributed by atoms with Gasteiger partial charge in [-0.15, -0.1) is 11.6 Å². The minimum atomic E-state index is -0.919. The van der Waals surface area contributed by atoms with E-state index >= 15 is 0 Å². The van der Waals surface area contributed by atoms with Gasteiger partial charge in [0.05, 0.1) is 0 Å². The molecule has 1 rings (SSSR count). The van der Waals surface area contributed by atoms with Crippen LogP contribution in [0.25, 0.3) is 0 Å². The lowest BCUT2D eigenvalue weighted by Gasteiger charge is -2.37. The summed E-state index contributed by atoms with van der Waals surface area (Å²) in [5.41, 5.74) is 0. The smallest absolute Gasteiger partial charge is 0.322 e. The Balaban J connectivity index is 2.45. The van der Waals surface area contributed by atoms with Gasteiger partial charge in [-0.05, 0) is 25.7 Å². The molecule has 1 heterocycles. The van der Waals surface area contributed by atoms with E-state index in [0.717, 1.165) is 13.0 Å². The fourth-order valence-corrected chi connectivity index (χ4v) is 2.10. The van der Waals surface area contributed by atoms with Crippen LogP contribution in [0, 0.1) is 5.92 Å². The number of likely N-dealkylation sites (tertiary alicyclic amines) is 1. The first-order valence-corrected chi connectivity index (χ1v) is 5.55. The topological polar surface area (TPSA) is 40.5 Å². The van der Waals surface area contributed by atoms with Gasteiger partial charge in [-0.25, -0.2) is 0 Å². The summed E-state index contributed by atoms with van der Waals surface area (Å²) in [5, 5.41) is 7.93. The van der Waals surface area contributed by atoms with E-state index in [0.29, 0.717) is 18.5 Å². The molecule has 1 aliphatic rings. The lowest BCUT2D eigenvalue weighted by atomic mass is 9.95. The van der Waals surface area contributed by atoms with Crippen molar-refractivity contribution in [2.75, 3.05) is 13.1 Å². The van der Waals surface area contributed by atoms with Gasteiger partial charge in [0.15, 0.2) is 0 Å². The maximum absolute atomic E-state index is 10.6. The highest BCUT2D eigenvalue weighted by Crippen LogP contribution is 2.21. The van der Waals surface area contributed by atoms with Crippen LogP contribution in [0.15, 0.2) is 0 Å². The van der Waals surface area contributed by atoms with E-state index in [1.807, 2.05) is 0 Å². The Bertz CT molecular complexity index is 210. The molecule has 0 bridgehead atoms. The molecule has 1 fully saturated rings. The molecule has 0 saturated carbocycles. The predicted molar refractivity (Wildman–Crippen MR) is 56.7 cm³/mol. The molecule has 0 aromatic rings. The normalized spacial score (nSPS) is 31.4. The van der Waals surface area contributed by atoms with Gasteiger partial charge >= 0.3 is 5.97 Å². The van der Waals surface area contributed by atoms with E-state index in [1.165, 1.54) is 6.42 Å². The molecular formula is C10H18ClNO2. The Morgan fingerprint density at radius 3 is 2.79 bits per heavy atom. The van der Waals surface area contributed by atoms with Crippen LogP contribution in [0.1, 0.15) is 26.7 Å². The van der Waals surface area contributed by atoms with Gasteiger partial charge in [-0.1, -0.05) is 6.92 Å². The Hall–Kier alpha value is -0.280. The van der Waals surface area contributed by atoms with Crippen molar-refractivity contribution in [3.63, 3.8) is 0 Å². The van der Waals surface area contributed by atoms with Gasteiger partial charge in [0.25, 0.3) is 0 Å². The van der Waals surface area contributed by atoms with Crippen LogP contribution < -0.4 is 0 Å². The average Bonchev–Trinajstić information content (AvgIpc) is 2.11. The van der Waals surface area contributed by atoms with Crippen molar-refractivity contribution in [1.29, 1.82) is 0 Å². The summed E-state index contributed by atoms with van der Waals surface area (Å²) in [6.07, 6.45) is 2.38. The molecule has 0 aromatic carbocycles. The summed E-state index contributed by atoms with van der Waals surface area (Å²) < 4.78 is 0. The quantitative estimate of drug-likeness (QED) is 0.736. The summed E-state index contributed by atoms with van der Waals surface area (Å²) in [4.78, 5) is 12.8. The lowest BCUT2D eigenvalue weighted by molar-refractivity contribution is -0.137. The molecule has 0 spiro atoms. The molecular weight excluding hydrogens is 202 g/mol. The number of aliphatic carboxylic acids is 1. The van der Waals surface area contributed by atoms with Crippen molar-refractivity contribution in [3.8, 4) is 0 Å². The number of carboxylic acids is 1. The molecule has 0 amide bonds. The Kier molecular flexibility index (Phi) is 4.20. The molecule has 14 heavy (non-hydrogen) atoms. The number of carbonyl (C=O) groups is 1. The lowest BCUT2D eigenvalue weighted by Crippen LogP contribution is -2.45. The SMILES string of the molecule is CC1CCC(C)N(CC(Cl)C(=O)O)C1. The van der Waals surface area contributed by atoms with E-state index in [4.69, 9.17) is 16.7 Å². The fraction of sp³-hybridized carbons (Fsp3) is 0.900. The first-order chi connectivity index (χ1) is 6.50. The zero-order valence-corrected chi connectivity index (χ0v) is 9.50. The number of hydrogen-bond donors (Lipinski definition) is 1. The second-order valence-electron chi connectivity index (χ2n) is 4.29. The third kappa shape index (κ3) is 3.14. The summed E-state index contributed by atoms with van der Waals surface area (Å²) in [7, 11) is 0. The van der Waals surface area contributed by atoms with E-state index in [1.54, 1.807) is 0 Å². The summed E-state index contributed by atoms with van der Waals surface area (Å²) >= 11 is 5.72. The van der Waals surface area contributed by atoms with Crippen molar-refractivity contribution < 1.29 is 9.90 Å². The Morgan fingerprint density at radius 2 is 2.21 bits per heavy atom. The molecule has 1 saturated heterocycles. The van der Waals surface area contributed by atoms with E-state index in [9.17, 15) is 4.79 Å². The maximum atomic E-state index is 10.6. The fourth-order valence-electron chi connectivity index (χ4n) is 1.92. The third-order valence-electron chi connectivity index (χ3n) is 2.91.